The third-order valence-corrected chi connectivity index (χ3v) is 0.655. The Morgan fingerprint density at radius 2 is 1.73 bits per heavy atom. The van der Waals surface area contributed by atoms with E-state index in [0.29, 0.717) is 0 Å². The molecule has 0 unspecified atom stereocenters. The first-order chi connectivity index (χ1) is 6.91. The maximum Gasteiger partial charge on any atom is 0.336 e. The van der Waals surface area contributed by atoms with E-state index in [2.05, 4.69) is 42.7 Å². The zero-order valence-electron chi connectivity index (χ0n) is 7.31. The van der Waals surface area contributed by atoms with Gasteiger partial charge in [-0.2, -0.15) is 10.2 Å². The lowest BCUT2D eigenvalue weighted by Crippen LogP contribution is -2.51. The highest BCUT2D eigenvalue weighted by Crippen LogP contribution is 2.05. The molecule has 1 aromatic rings. The summed E-state index contributed by atoms with van der Waals surface area (Å²) in [6, 6.07) is 0. The van der Waals surface area contributed by atoms with Crippen LogP contribution in [0.3, 0.4) is 0 Å². The lowest BCUT2D eigenvalue weighted by Gasteiger charge is -2.00. The number of nitro groups is 1. The van der Waals surface area contributed by atoms with Crippen molar-refractivity contribution in [3.8, 4) is 0 Å². The van der Waals surface area contributed by atoms with Crippen LogP contribution in [0.2, 0.25) is 0 Å². The van der Waals surface area contributed by atoms with Gasteiger partial charge in [0.05, 0.1) is 0 Å². The van der Waals surface area contributed by atoms with Crippen molar-refractivity contribution in [3.63, 3.8) is 0 Å². The second-order valence-corrected chi connectivity index (χ2v) is 1.90. The second kappa shape index (κ2) is 5.79. The van der Waals surface area contributed by atoms with E-state index in [-0.39, 0.29) is 11.9 Å². The molecule has 0 aromatic carbocycles. The van der Waals surface area contributed by atoms with Gasteiger partial charge in [0.2, 0.25) is 5.95 Å². The van der Waals surface area contributed by atoms with E-state index in [1.54, 1.807) is 0 Å². The fourth-order valence-electron chi connectivity index (χ4n) is 0.345. The van der Waals surface area contributed by atoms with Crippen LogP contribution in [-0.4, -0.2) is 31.4 Å². The van der Waals surface area contributed by atoms with Crippen molar-refractivity contribution in [2.45, 2.75) is 0 Å². The van der Waals surface area contributed by atoms with Gasteiger partial charge in [-0.3, -0.25) is 27.1 Å². The molecule has 1 heterocycles. The summed E-state index contributed by atoms with van der Waals surface area (Å²) in [7, 11) is 0. The molecule has 0 saturated heterocycles. The van der Waals surface area contributed by atoms with Gasteiger partial charge < -0.3 is 5.73 Å². The van der Waals surface area contributed by atoms with Gasteiger partial charge in [0.1, 0.15) is 11.0 Å². The molecule has 0 atom stereocenters. The van der Waals surface area contributed by atoms with Crippen LogP contribution in [0.5, 0.6) is 0 Å². The summed E-state index contributed by atoms with van der Waals surface area (Å²) >= 11 is 0. The maximum absolute atomic E-state index is 9.73. The molecule has 0 aliphatic heterocycles. The molecule has 0 bridgehead atoms. The Morgan fingerprint density at radius 3 is 2.07 bits per heavy atom. The van der Waals surface area contributed by atoms with E-state index in [0.717, 1.165) is 0 Å². The molecule has 0 spiro atoms. The minimum absolute atomic E-state index is 0.0833. The molecule has 15 heavy (non-hydrogen) atoms. The van der Waals surface area contributed by atoms with E-state index in [4.69, 9.17) is 5.73 Å². The molecule has 0 aliphatic carbocycles. The first kappa shape index (κ1) is 12.2. The Morgan fingerprint density at radius 1 is 1.33 bits per heavy atom. The second-order valence-electron chi connectivity index (χ2n) is 1.90. The average molecular weight is 216 g/mol. The van der Waals surface area contributed by atoms with Gasteiger partial charge >= 0.3 is 5.96 Å². The van der Waals surface area contributed by atoms with Gasteiger partial charge in [-0.05, 0) is 0 Å². The van der Waals surface area contributed by atoms with E-state index in [1.807, 2.05) is 0 Å². The van der Waals surface area contributed by atoms with Gasteiger partial charge in [-0.25, -0.2) is 10.1 Å². The minimum atomic E-state index is -0.950. The number of hydrogen-bond donors (Lipinski definition) is 4. The fourth-order valence-corrected chi connectivity index (χ4v) is 0.345. The van der Waals surface area contributed by atoms with Crippen LogP contribution in [0.15, 0.2) is 0 Å². The molecule has 1 aromatic heterocycles. The standard InChI is InChI=1S/C2H2N7O2.CH5N3/c3-1-4-6-2(7-5-1)8-9(10)11;2-1(3)4/h(H2-,3,4,5,6,7,8);(H5,2,3,4)/q-1;/p+1. The summed E-state index contributed by atoms with van der Waals surface area (Å²) in [5.74, 6) is -0.670. The van der Waals surface area contributed by atoms with Crippen molar-refractivity contribution in [3.05, 3.63) is 15.5 Å². The van der Waals surface area contributed by atoms with Crippen LogP contribution in [0.4, 0.5) is 11.9 Å². The van der Waals surface area contributed by atoms with Crippen LogP contribution >= 0.6 is 0 Å². The molecule has 0 fully saturated rings. The van der Waals surface area contributed by atoms with Gasteiger partial charge in [-0.1, -0.05) is 5.43 Å². The summed E-state index contributed by atoms with van der Waals surface area (Å²) in [6.45, 7) is 0. The van der Waals surface area contributed by atoms with E-state index < -0.39 is 11.0 Å². The number of hydrogen-bond acceptors (Lipinski definition) is 7. The summed E-state index contributed by atoms with van der Waals surface area (Å²) < 4.78 is 0. The molecule has 0 amide bonds. The van der Waals surface area contributed by atoms with Crippen molar-refractivity contribution in [1.29, 1.82) is 0 Å². The van der Waals surface area contributed by atoms with Crippen LogP contribution in [0.25, 0.3) is 5.43 Å². The fraction of sp³-hybridized carbons (Fsp3) is 0. The van der Waals surface area contributed by atoms with Crippen LogP contribution in [-0.2, 0) is 0 Å². The van der Waals surface area contributed by atoms with Crippen molar-refractivity contribution in [2.24, 2.45) is 11.5 Å². The Hall–Kier alpha value is -2.79. The van der Waals surface area contributed by atoms with Gasteiger partial charge in [-0.15, -0.1) is 0 Å². The number of guanidine groups is 1. The van der Waals surface area contributed by atoms with Crippen molar-refractivity contribution >= 4 is 17.9 Å². The highest BCUT2D eigenvalue weighted by atomic mass is 16.7. The first-order valence-electron chi connectivity index (χ1n) is 3.24. The third kappa shape index (κ3) is 7.57. The SMILES string of the molecule is NC(N)=[NH2+].Nc1nnc([N-][N+](=O)[O-])nn1. The first-order valence-corrected chi connectivity index (χ1v) is 3.24. The molecule has 0 radical (unpaired) electrons. The lowest BCUT2D eigenvalue weighted by atomic mass is 11.0. The molecule has 8 N–H and O–H groups in total. The number of aromatic nitrogens is 4. The highest BCUT2D eigenvalue weighted by molar-refractivity contribution is 5.68. The third-order valence-electron chi connectivity index (χ3n) is 0.655. The number of nitrogen functional groups attached to an aromatic ring is 1. The highest BCUT2D eigenvalue weighted by Gasteiger charge is 1.93. The number of rotatable bonds is 2. The van der Waals surface area contributed by atoms with E-state index in [9.17, 15) is 10.1 Å². The number of nitrogens with two attached hydrogens (primary N) is 4. The molecule has 1 rings (SSSR count). The summed E-state index contributed by atoms with van der Waals surface area (Å²) in [5, 5.41) is 26.1. The van der Waals surface area contributed by atoms with Crippen molar-refractivity contribution in [2.75, 3.05) is 5.73 Å². The molecular weight excluding hydrogens is 208 g/mol. The predicted octanol–water partition coefficient (Wildman–Crippen LogP) is -3.94. The van der Waals surface area contributed by atoms with Gasteiger partial charge in [0.25, 0.3) is 0 Å². The number of anilines is 1. The quantitative estimate of drug-likeness (QED) is 0.164. The summed E-state index contributed by atoms with van der Waals surface area (Å²) in [4.78, 5) is 9.73. The van der Waals surface area contributed by atoms with Gasteiger partial charge in [0.15, 0.2) is 0 Å². The molecular formula is C3H8N10O2. The van der Waals surface area contributed by atoms with Crippen molar-refractivity contribution < 1.29 is 10.4 Å². The zero-order chi connectivity index (χ0) is 11.8. The summed E-state index contributed by atoms with van der Waals surface area (Å²) in [6.07, 6.45) is 0. The van der Waals surface area contributed by atoms with Gasteiger partial charge in [0, 0.05) is 0 Å². The number of nitrogens with zero attached hydrogens (tertiary/aromatic N) is 6. The van der Waals surface area contributed by atoms with E-state index >= 15 is 0 Å². The van der Waals surface area contributed by atoms with Crippen LogP contribution in [0, 0.1) is 10.1 Å². The Kier molecular flexibility index (Phi) is 4.71. The Balaban J connectivity index is 0.000000423. The molecule has 12 heteroatoms. The maximum atomic E-state index is 9.73. The molecule has 82 valence electrons. The monoisotopic (exact) mass is 216 g/mol. The van der Waals surface area contributed by atoms with E-state index in [1.165, 1.54) is 0 Å². The predicted molar refractivity (Wildman–Crippen MR) is 47.4 cm³/mol. The lowest BCUT2D eigenvalue weighted by molar-refractivity contribution is -0.419. The Labute approximate surface area is 82.5 Å². The normalized spacial score (nSPS) is 8.27. The topological polar surface area (TPSA) is 212 Å². The van der Waals surface area contributed by atoms with Crippen LogP contribution in [0.1, 0.15) is 0 Å². The largest absolute Gasteiger partial charge is 0.367 e. The average Bonchev–Trinajstić information content (AvgIpc) is 2.07. The zero-order valence-corrected chi connectivity index (χ0v) is 7.31. The smallest absolute Gasteiger partial charge is 0.336 e. The minimum Gasteiger partial charge on any atom is -0.367 e. The Bertz CT molecular complexity index is 329. The molecule has 0 aliphatic rings. The molecule has 0 saturated carbocycles. The van der Waals surface area contributed by atoms with Crippen molar-refractivity contribution in [1.82, 2.24) is 20.4 Å². The summed E-state index contributed by atoms with van der Waals surface area (Å²) in [5.41, 5.74) is 16.9. The van der Waals surface area contributed by atoms with Crippen LogP contribution < -0.4 is 22.6 Å². The molecule has 12 nitrogen and oxygen atoms in total.